The fraction of sp³-hybridized carbons (Fsp3) is 1.00. The Bertz CT molecular complexity index is 215. The summed E-state index contributed by atoms with van der Waals surface area (Å²) in [6, 6.07) is 0. The molecule has 0 saturated carbocycles. The number of rotatable bonds is 4. The lowest BCUT2D eigenvalue weighted by molar-refractivity contribution is -0.00698. The Morgan fingerprint density at radius 1 is 0.750 bits per heavy atom. The molecule has 0 nitrogen and oxygen atoms in total. The third-order valence-electron chi connectivity index (χ3n) is 5.61. The van der Waals surface area contributed by atoms with Crippen molar-refractivity contribution < 1.29 is 0 Å². The van der Waals surface area contributed by atoms with E-state index in [1.165, 1.54) is 6.42 Å². The zero-order valence-corrected chi connectivity index (χ0v) is 13.4. The van der Waals surface area contributed by atoms with Crippen LogP contribution in [0, 0.1) is 28.1 Å². The van der Waals surface area contributed by atoms with Gasteiger partial charge in [-0.25, -0.2) is 0 Å². The first-order valence-electron chi connectivity index (χ1n) is 6.87. The summed E-state index contributed by atoms with van der Waals surface area (Å²) in [4.78, 5) is 0. The van der Waals surface area contributed by atoms with Crippen LogP contribution in [-0.2, 0) is 0 Å². The summed E-state index contributed by atoms with van der Waals surface area (Å²) in [6.45, 7) is 24.0. The summed E-state index contributed by atoms with van der Waals surface area (Å²) >= 11 is 0. The molecule has 0 rings (SSSR count). The lowest BCUT2D eigenvalue weighted by atomic mass is 9.55. The Hall–Kier alpha value is 0. The van der Waals surface area contributed by atoms with E-state index in [-0.39, 0.29) is 0 Å². The van der Waals surface area contributed by atoms with Crippen LogP contribution in [0.4, 0.5) is 0 Å². The quantitative estimate of drug-likeness (QED) is 0.571. The summed E-state index contributed by atoms with van der Waals surface area (Å²) in [7, 11) is 0. The van der Waals surface area contributed by atoms with Crippen molar-refractivity contribution in [3.8, 4) is 0 Å². The molecule has 98 valence electrons. The van der Waals surface area contributed by atoms with Crippen LogP contribution in [-0.4, -0.2) is 0 Å². The van der Waals surface area contributed by atoms with Gasteiger partial charge in [-0.15, -0.1) is 0 Å². The zero-order chi connectivity index (χ0) is 13.4. The standard InChI is InChI=1S/C16H34/c1-11-15(7,8)13(3)16(9,10)12(2)14(4,5)6/h12-13H,11H2,1-10H3. The molecule has 0 saturated heterocycles. The van der Waals surface area contributed by atoms with Crippen LogP contribution in [0.1, 0.15) is 75.7 Å². The van der Waals surface area contributed by atoms with E-state index < -0.39 is 0 Å². The van der Waals surface area contributed by atoms with Gasteiger partial charge in [0.05, 0.1) is 0 Å². The van der Waals surface area contributed by atoms with Crippen molar-refractivity contribution in [3.05, 3.63) is 0 Å². The molecule has 0 amide bonds. The van der Waals surface area contributed by atoms with Crippen LogP contribution in [0.2, 0.25) is 0 Å². The van der Waals surface area contributed by atoms with Crippen LogP contribution in [0.15, 0.2) is 0 Å². The Morgan fingerprint density at radius 2 is 1.12 bits per heavy atom. The van der Waals surface area contributed by atoms with Crippen LogP contribution in [0.25, 0.3) is 0 Å². The molecule has 0 aromatic heterocycles. The van der Waals surface area contributed by atoms with Crippen molar-refractivity contribution in [1.82, 2.24) is 0 Å². The monoisotopic (exact) mass is 226 g/mol. The summed E-state index contributed by atoms with van der Waals surface area (Å²) < 4.78 is 0. The smallest absolute Gasteiger partial charge is 0.0293 e. The third-order valence-corrected chi connectivity index (χ3v) is 5.61. The molecule has 0 spiro atoms. The van der Waals surface area contributed by atoms with E-state index in [9.17, 15) is 0 Å². The fourth-order valence-corrected chi connectivity index (χ4v) is 2.80. The van der Waals surface area contributed by atoms with Gasteiger partial charge in [-0.05, 0) is 28.1 Å². The molecule has 0 heteroatoms. The van der Waals surface area contributed by atoms with Crippen molar-refractivity contribution in [2.45, 2.75) is 75.7 Å². The maximum atomic E-state index is 2.45. The summed E-state index contributed by atoms with van der Waals surface area (Å²) in [5.41, 5.74) is 1.21. The van der Waals surface area contributed by atoms with Gasteiger partial charge >= 0.3 is 0 Å². The average Bonchev–Trinajstić information content (AvgIpc) is 2.13. The van der Waals surface area contributed by atoms with Gasteiger partial charge in [0.2, 0.25) is 0 Å². The molecule has 0 aliphatic heterocycles. The molecule has 0 aliphatic carbocycles. The van der Waals surface area contributed by atoms with E-state index in [1.54, 1.807) is 0 Å². The van der Waals surface area contributed by atoms with Gasteiger partial charge in [-0.3, -0.25) is 0 Å². The summed E-state index contributed by atoms with van der Waals surface area (Å²) in [5, 5.41) is 0. The van der Waals surface area contributed by atoms with Gasteiger partial charge in [0, 0.05) is 0 Å². The lowest BCUT2D eigenvalue weighted by Gasteiger charge is -2.50. The molecule has 2 atom stereocenters. The van der Waals surface area contributed by atoms with Crippen molar-refractivity contribution >= 4 is 0 Å². The van der Waals surface area contributed by atoms with Crippen molar-refractivity contribution in [2.75, 3.05) is 0 Å². The van der Waals surface area contributed by atoms with Crippen LogP contribution in [0.3, 0.4) is 0 Å². The van der Waals surface area contributed by atoms with E-state index in [0.29, 0.717) is 16.2 Å². The zero-order valence-electron chi connectivity index (χ0n) is 13.4. The second-order valence-electron chi connectivity index (χ2n) is 7.97. The Kier molecular flexibility index (Phi) is 4.70. The van der Waals surface area contributed by atoms with Crippen molar-refractivity contribution in [2.24, 2.45) is 28.1 Å². The highest BCUT2D eigenvalue weighted by Crippen LogP contribution is 2.51. The molecule has 0 bridgehead atoms. The average molecular weight is 226 g/mol. The molecule has 2 unspecified atom stereocenters. The Balaban J connectivity index is 5.06. The minimum Gasteiger partial charge on any atom is -0.0649 e. The second-order valence-corrected chi connectivity index (χ2v) is 7.97. The van der Waals surface area contributed by atoms with Crippen LogP contribution >= 0.6 is 0 Å². The maximum absolute atomic E-state index is 2.45. The van der Waals surface area contributed by atoms with Crippen LogP contribution in [0.5, 0.6) is 0 Å². The molecule has 0 heterocycles. The highest BCUT2D eigenvalue weighted by Gasteiger charge is 2.43. The SMILES string of the molecule is CCC(C)(C)C(C)C(C)(C)C(C)C(C)(C)C. The molecule has 0 radical (unpaired) electrons. The number of hydrogen-bond acceptors (Lipinski definition) is 0. The highest BCUT2D eigenvalue weighted by atomic mass is 14.5. The summed E-state index contributed by atoms with van der Waals surface area (Å²) in [6.07, 6.45) is 1.26. The molecule has 16 heavy (non-hydrogen) atoms. The maximum Gasteiger partial charge on any atom is -0.0293 e. The number of hydrogen-bond donors (Lipinski definition) is 0. The largest absolute Gasteiger partial charge is 0.0649 e. The van der Waals surface area contributed by atoms with E-state index in [0.717, 1.165) is 11.8 Å². The van der Waals surface area contributed by atoms with Crippen molar-refractivity contribution in [1.29, 1.82) is 0 Å². The highest BCUT2D eigenvalue weighted by molar-refractivity contribution is 4.92. The van der Waals surface area contributed by atoms with E-state index >= 15 is 0 Å². The lowest BCUT2D eigenvalue weighted by Crippen LogP contribution is -2.42. The van der Waals surface area contributed by atoms with Gasteiger partial charge in [-0.2, -0.15) is 0 Å². The topological polar surface area (TPSA) is 0 Å². The first-order valence-corrected chi connectivity index (χ1v) is 6.87. The van der Waals surface area contributed by atoms with Gasteiger partial charge in [0.15, 0.2) is 0 Å². The van der Waals surface area contributed by atoms with E-state index in [1.807, 2.05) is 0 Å². The predicted octanol–water partition coefficient (Wildman–Crippen LogP) is 5.77. The fourth-order valence-electron chi connectivity index (χ4n) is 2.80. The van der Waals surface area contributed by atoms with Gasteiger partial charge in [0.25, 0.3) is 0 Å². The minimum absolute atomic E-state index is 0.387. The first kappa shape index (κ1) is 16.0. The van der Waals surface area contributed by atoms with E-state index in [4.69, 9.17) is 0 Å². The van der Waals surface area contributed by atoms with Gasteiger partial charge < -0.3 is 0 Å². The minimum atomic E-state index is 0.387. The van der Waals surface area contributed by atoms with Gasteiger partial charge in [0.1, 0.15) is 0 Å². The summed E-state index contributed by atoms with van der Waals surface area (Å²) in [5.74, 6) is 1.46. The molecular formula is C16H34. The third kappa shape index (κ3) is 3.25. The molecular weight excluding hydrogens is 192 g/mol. The first-order chi connectivity index (χ1) is 6.87. The van der Waals surface area contributed by atoms with Crippen LogP contribution < -0.4 is 0 Å². The molecule has 0 aliphatic rings. The second kappa shape index (κ2) is 4.70. The molecule has 0 fully saturated rings. The normalized spacial score (nSPS) is 18.4. The molecule has 0 N–H and O–H groups in total. The molecule has 0 aromatic rings. The van der Waals surface area contributed by atoms with E-state index in [2.05, 4.69) is 69.2 Å². The predicted molar refractivity (Wildman–Crippen MR) is 75.6 cm³/mol. The Morgan fingerprint density at radius 3 is 1.38 bits per heavy atom. The van der Waals surface area contributed by atoms with Crippen molar-refractivity contribution in [3.63, 3.8) is 0 Å². The van der Waals surface area contributed by atoms with Gasteiger partial charge in [-0.1, -0.05) is 75.7 Å². The molecule has 0 aromatic carbocycles. The Labute approximate surface area is 104 Å².